The summed E-state index contributed by atoms with van der Waals surface area (Å²) in [6.45, 7) is 5.83. The zero-order chi connectivity index (χ0) is 28.1. The minimum Gasteiger partial charge on any atom is -0.495 e. The second-order valence-corrected chi connectivity index (χ2v) is 12.3. The van der Waals surface area contributed by atoms with Gasteiger partial charge in [0, 0.05) is 32.3 Å². The van der Waals surface area contributed by atoms with Crippen LogP contribution in [0.4, 0.5) is 0 Å². The number of fused-ring (bicyclic) bond motifs is 1. The molecule has 5 heterocycles. The molecule has 10 atom stereocenters. The van der Waals surface area contributed by atoms with Gasteiger partial charge < -0.3 is 38.3 Å². The molecule has 7 rings (SSSR count). The minimum absolute atomic E-state index is 0.110. The Morgan fingerprint density at radius 1 is 1.18 bits per heavy atom. The Kier molecular flexibility index (Phi) is 5.66. The molecule has 0 amide bonds. The lowest BCUT2D eigenvalue weighted by Crippen LogP contribution is -2.68. The summed E-state index contributed by atoms with van der Waals surface area (Å²) in [6, 6.07) is 0. The zero-order valence-corrected chi connectivity index (χ0v) is 22.8. The summed E-state index contributed by atoms with van der Waals surface area (Å²) in [5.74, 6) is -1.25. The maximum atomic E-state index is 13.5. The topological polar surface area (TPSA) is 143 Å². The molecule has 11 nitrogen and oxygen atoms in total. The molecule has 10 unspecified atom stereocenters. The molecule has 0 aromatic carbocycles. The fourth-order valence-corrected chi connectivity index (χ4v) is 8.05. The summed E-state index contributed by atoms with van der Waals surface area (Å²) in [5.41, 5.74) is -2.81. The zero-order valence-electron chi connectivity index (χ0n) is 22.8. The van der Waals surface area contributed by atoms with Crippen LogP contribution in [0.1, 0.15) is 46.5 Å². The van der Waals surface area contributed by atoms with E-state index < -0.39 is 70.5 Å². The van der Waals surface area contributed by atoms with Crippen molar-refractivity contribution >= 4 is 17.9 Å². The highest BCUT2D eigenvalue weighted by molar-refractivity contribution is 5.82. The van der Waals surface area contributed by atoms with E-state index in [1.54, 1.807) is 12.2 Å². The molecule has 4 saturated heterocycles. The molecule has 7 aliphatic rings. The van der Waals surface area contributed by atoms with E-state index in [-0.39, 0.29) is 25.7 Å². The molecule has 11 heteroatoms. The largest absolute Gasteiger partial charge is 0.495 e. The molecular weight excluding hydrogens is 524 g/mol. The van der Waals surface area contributed by atoms with Gasteiger partial charge in [0.05, 0.1) is 36.3 Å². The predicted molar refractivity (Wildman–Crippen MR) is 133 cm³/mol. The second-order valence-electron chi connectivity index (χ2n) is 12.3. The van der Waals surface area contributed by atoms with Crippen LogP contribution >= 0.6 is 0 Å². The highest BCUT2D eigenvalue weighted by Crippen LogP contribution is 2.72. The number of carbonyl (C=O) groups is 3. The van der Waals surface area contributed by atoms with Crippen LogP contribution in [0.15, 0.2) is 35.6 Å². The Labute approximate surface area is 231 Å². The number of epoxide rings is 2. The van der Waals surface area contributed by atoms with Gasteiger partial charge in [-0.25, -0.2) is 9.59 Å². The standard InChI is InChI=1S/C29H34O11/c1-15-10-20-27(12-18(15)37-16(2)30)13-35-25(33)24-28(40-24)8-9-34-17(23(28)32)6-4-5-7-22(31)39-19-11-21(38-20)29(14-36-29)26(19,27)3/h5-7,10,18-21,23-24,32H,4,8-9,11-14H2,1-3H3. The molecule has 0 aromatic rings. The van der Waals surface area contributed by atoms with Gasteiger partial charge in [0.2, 0.25) is 0 Å². The van der Waals surface area contributed by atoms with Crippen LogP contribution in [0.25, 0.3) is 0 Å². The van der Waals surface area contributed by atoms with Gasteiger partial charge in [-0.2, -0.15) is 0 Å². The maximum Gasteiger partial charge on any atom is 0.338 e. The highest BCUT2D eigenvalue weighted by atomic mass is 16.7. The lowest BCUT2D eigenvalue weighted by molar-refractivity contribution is -0.240. The number of carbonyl (C=O) groups excluding carboxylic acids is 3. The van der Waals surface area contributed by atoms with Gasteiger partial charge in [0.1, 0.15) is 41.9 Å². The summed E-state index contributed by atoms with van der Waals surface area (Å²) in [7, 11) is 0. The Morgan fingerprint density at radius 2 is 1.98 bits per heavy atom. The molecule has 1 N–H and O–H groups in total. The first kappa shape index (κ1) is 26.2. The van der Waals surface area contributed by atoms with Gasteiger partial charge >= 0.3 is 17.9 Å². The molecule has 2 aliphatic carbocycles. The number of hydrogen-bond donors (Lipinski definition) is 1. The summed E-state index contributed by atoms with van der Waals surface area (Å²) in [5, 5.41) is 11.0. The monoisotopic (exact) mass is 558 g/mol. The fourth-order valence-electron chi connectivity index (χ4n) is 8.05. The normalized spacial score (nSPS) is 48.9. The van der Waals surface area contributed by atoms with Crippen LogP contribution in [0, 0.1) is 10.8 Å². The molecule has 216 valence electrons. The van der Waals surface area contributed by atoms with Crippen molar-refractivity contribution in [3.05, 3.63) is 35.6 Å². The summed E-state index contributed by atoms with van der Waals surface area (Å²) in [6.07, 6.45) is 3.84. The van der Waals surface area contributed by atoms with Crippen LogP contribution in [0.3, 0.4) is 0 Å². The number of aliphatic hydroxyl groups excluding tert-OH is 1. The first-order chi connectivity index (χ1) is 19.1. The van der Waals surface area contributed by atoms with Gasteiger partial charge in [0.25, 0.3) is 0 Å². The Hall–Kier alpha value is -2.73. The SMILES string of the molecule is CC(=O)OC1CC23COC(=O)C4OC45CCOC(=CCC=CC(=O)OC4CC(OC2C=C1C)C1(CO1)C43C)C5O. The minimum atomic E-state index is -1.15. The Morgan fingerprint density at radius 3 is 2.73 bits per heavy atom. The first-order valence-electron chi connectivity index (χ1n) is 13.9. The third-order valence-corrected chi connectivity index (χ3v) is 10.5. The lowest BCUT2D eigenvalue weighted by atomic mass is 9.51. The number of esters is 3. The molecule has 3 spiro atoms. The highest BCUT2D eigenvalue weighted by Gasteiger charge is 2.83. The van der Waals surface area contributed by atoms with Gasteiger partial charge in [-0.05, 0) is 25.0 Å². The van der Waals surface area contributed by atoms with Crippen LogP contribution in [0.2, 0.25) is 0 Å². The van der Waals surface area contributed by atoms with Crippen LogP contribution in [-0.4, -0.2) is 90.7 Å². The van der Waals surface area contributed by atoms with Crippen LogP contribution in [0.5, 0.6) is 0 Å². The summed E-state index contributed by atoms with van der Waals surface area (Å²) >= 11 is 0. The summed E-state index contributed by atoms with van der Waals surface area (Å²) in [4.78, 5) is 38.6. The average molecular weight is 559 g/mol. The van der Waals surface area contributed by atoms with Crippen molar-refractivity contribution in [2.24, 2.45) is 10.8 Å². The van der Waals surface area contributed by atoms with Gasteiger partial charge in [-0.1, -0.05) is 19.1 Å². The van der Waals surface area contributed by atoms with Crippen LogP contribution < -0.4 is 0 Å². The number of allylic oxidation sites excluding steroid dienone is 2. The number of rotatable bonds is 1. The molecule has 5 aliphatic heterocycles. The molecule has 1 saturated carbocycles. The third kappa shape index (κ3) is 3.41. The molecule has 0 radical (unpaired) electrons. The van der Waals surface area contributed by atoms with E-state index in [1.807, 2.05) is 19.9 Å². The van der Waals surface area contributed by atoms with Gasteiger partial charge in [-0.3, -0.25) is 4.79 Å². The molecule has 5 fully saturated rings. The van der Waals surface area contributed by atoms with E-state index in [0.29, 0.717) is 31.6 Å². The van der Waals surface area contributed by atoms with E-state index >= 15 is 0 Å². The van der Waals surface area contributed by atoms with Gasteiger partial charge in [-0.15, -0.1) is 0 Å². The number of ether oxygens (including phenoxy) is 7. The molecule has 0 aromatic heterocycles. The van der Waals surface area contributed by atoms with E-state index in [2.05, 4.69) is 0 Å². The predicted octanol–water partition coefficient (Wildman–Crippen LogP) is 1.42. The summed E-state index contributed by atoms with van der Waals surface area (Å²) < 4.78 is 42.1. The van der Waals surface area contributed by atoms with Crippen molar-refractivity contribution in [1.29, 1.82) is 0 Å². The lowest BCUT2D eigenvalue weighted by Gasteiger charge is -2.59. The van der Waals surface area contributed by atoms with E-state index in [1.165, 1.54) is 13.0 Å². The smallest absolute Gasteiger partial charge is 0.338 e. The molecule has 4 bridgehead atoms. The van der Waals surface area contributed by atoms with Crippen molar-refractivity contribution in [3.63, 3.8) is 0 Å². The van der Waals surface area contributed by atoms with Crippen molar-refractivity contribution in [3.8, 4) is 0 Å². The Balaban J connectivity index is 1.31. The van der Waals surface area contributed by atoms with E-state index in [4.69, 9.17) is 33.2 Å². The van der Waals surface area contributed by atoms with E-state index in [0.717, 1.165) is 5.57 Å². The average Bonchev–Trinajstić information content (AvgIpc) is 3.81. The van der Waals surface area contributed by atoms with Gasteiger partial charge in [0.15, 0.2) is 6.10 Å². The molecular formula is C29H34O11. The van der Waals surface area contributed by atoms with Crippen molar-refractivity contribution in [2.75, 3.05) is 19.8 Å². The third-order valence-electron chi connectivity index (χ3n) is 10.5. The Bertz CT molecular complexity index is 1250. The molecule has 40 heavy (non-hydrogen) atoms. The quantitative estimate of drug-likeness (QED) is 0.216. The second kappa shape index (κ2) is 8.64. The fraction of sp³-hybridized carbons (Fsp3) is 0.690. The number of cyclic esters (lactones) is 1. The number of aliphatic hydroxyl groups is 1. The van der Waals surface area contributed by atoms with Crippen molar-refractivity contribution in [2.45, 2.75) is 94.3 Å². The van der Waals surface area contributed by atoms with Crippen molar-refractivity contribution < 1.29 is 52.6 Å². The first-order valence-corrected chi connectivity index (χ1v) is 13.9. The van der Waals surface area contributed by atoms with Crippen molar-refractivity contribution in [1.82, 2.24) is 0 Å². The number of hydrogen-bond acceptors (Lipinski definition) is 11. The van der Waals surface area contributed by atoms with Crippen LogP contribution in [-0.2, 0) is 47.5 Å². The maximum absolute atomic E-state index is 13.5. The van der Waals surface area contributed by atoms with E-state index in [9.17, 15) is 19.5 Å².